The largest absolute Gasteiger partial charge is 0.495 e. The van der Waals surface area contributed by atoms with Crippen molar-refractivity contribution in [2.24, 2.45) is 5.73 Å². The molecule has 0 spiro atoms. The smallest absolute Gasteiger partial charge is 0.139 e. The molecule has 7 heteroatoms. The van der Waals surface area contributed by atoms with Gasteiger partial charge in [-0.05, 0) is 36.6 Å². The number of rotatable bonds is 4. The third-order valence-corrected chi connectivity index (χ3v) is 5.39. The van der Waals surface area contributed by atoms with E-state index in [4.69, 9.17) is 27.1 Å². The Balaban J connectivity index is 1.73. The fourth-order valence-electron chi connectivity index (χ4n) is 3.66. The van der Waals surface area contributed by atoms with Gasteiger partial charge in [0.25, 0.3) is 0 Å². The van der Waals surface area contributed by atoms with Gasteiger partial charge in [-0.3, -0.25) is 0 Å². The van der Waals surface area contributed by atoms with E-state index in [9.17, 15) is 5.11 Å². The number of benzene rings is 1. The highest BCUT2D eigenvalue weighted by Gasteiger charge is 2.18. The molecule has 1 aliphatic heterocycles. The Morgan fingerprint density at radius 3 is 2.96 bits per heavy atom. The average molecular weight is 387 g/mol. The van der Waals surface area contributed by atoms with E-state index in [0.29, 0.717) is 10.8 Å². The van der Waals surface area contributed by atoms with E-state index in [1.165, 1.54) is 0 Å². The van der Waals surface area contributed by atoms with Gasteiger partial charge in [0.15, 0.2) is 0 Å². The summed E-state index contributed by atoms with van der Waals surface area (Å²) < 4.78 is 7.22. The minimum Gasteiger partial charge on any atom is -0.495 e. The maximum atomic E-state index is 9.75. The first-order valence-electron chi connectivity index (χ1n) is 9.06. The van der Waals surface area contributed by atoms with Gasteiger partial charge in [0.1, 0.15) is 11.4 Å². The lowest BCUT2D eigenvalue weighted by Gasteiger charge is -2.32. The van der Waals surface area contributed by atoms with Crippen LogP contribution in [-0.4, -0.2) is 40.7 Å². The van der Waals surface area contributed by atoms with E-state index in [1.54, 1.807) is 19.2 Å². The number of imidazole rings is 1. The van der Waals surface area contributed by atoms with Crippen LogP contribution in [0.1, 0.15) is 18.4 Å². The molecule has 3 aromatic rings. The Kier molecular flexibility index (Phi) is 4.95. The molecule has 1 aliphatic rings. The minimum atomic E-state index is -0.117. The highest BCUT2D eigenvalue weighted by Crippen LogP contribution is 2.34. The van der Waals surface area contributed by atoms with Crippen molar-refractivity contribution in [3.63, 3.8) is 0 Å². The number of halogens is 1. The van der Waals surface area contributed by atoms with Gasteiger partial charge in [-0.2, -0.15) is 0 Å². The van der Waals surface area contributed by atoms with Crippen molar-refractivity contribution in [2.75, 3.05) is 25.1 Å². The Morgan fingerprint density at radius 1 is 1.37 bits per heavy atom. The van der Waals surface area contributed by atoms with Gasteiger partial charge in [0.2, 0.25) is 0 Å². The van der Waals surface area contributed by atoms with Gasteiger partial charge in [-0.25, -0.2) is 4.98 Å². The third-order valence-electron chi connectivity index (χ3n) is 5.09. The van der Waals surface area contributed by atoms with Crippen LogP contribution in [0.5, 0.6) is 5.75 Å². The Bertz CT molecular complexity index is 972. The Labute approximate surface area is 163 Å². The number of methoxy groups -OCH3 is 1. The lowest BCUT2D eigenvalue weighted by atomic mass is 10.1. The highest BCUT2D eigenvalue weighted by molar-refractivity contribution is 6.32. The van der Waals surface area contributed by atoms with E-state index >= 15 is 0 Å². The van der Waals surface area contributed by atoms with E-state index in [0.717, 1.165) is 54.1 Å². The van der Waals surface area contributed by atoms with Crippen LogP contribution in [-0.2, 0) is 6.61 Å². The van der Waals surface area contributed by atoms with Crippen molar-refractivity contribution >= 4 is 22.9 Å². The zero-order valence-corrected chi connectivity index (χ0v) is 16.0. The van der Waals surface area contributed by atoms with Gasteiger partial charge >= 0.3 is 0 Å². The number of aromatic nitrogens is 2. The Morgan fingerprint density at radius 2 is 2.22 bits per heavy atom. The molecule has 0 aliphatic carbocycles. The van der Waals surface area contributed by atoms with Crippen molar-refractivity contribution < 1.29 is 9.84 Å². The minimum absolute atomic E-state index is 0.117. The molecule has 27 heavy (non-hydrogen) atoms. The highest BCUT2D eigenvalue weighted by atomic mass is 35.5. The molecular weight excluding hydrogens is 364 g/mol. The lowest BCUT2D eigenvalue weighted by Crippen LogP contribution is -2.42. The molecule has 3 N–H and O–H groups in total. The third kappa shape index (κ3) is 3.48. The van der Waals surface area contributed by atoms with Crippen LogP contribution in [0.15, 0.2) is 36.7 Å². The molecule has 4 rings (SSSR count). The maximum absolute atomic E-state index is 9.75. The van der Waals surface area contributed by atoms with Gasteiger partial charge in [-0.1, -0.05) is 11.6 Å². The summed E-state index contributed by atoms with van der Waals surface area (Å²) in [5.41, 5.74) is 10.4. The first-order chi connectivity index (χ1) is 13.1. The Hall–Kier alpha value is -2.28. The monoisotopic (exact) mass is 386 g/mol. The second-order valence-electron chi connectivity index (χ2n) is 6.93. The van der Waals surface area contributed by atoms with Crippen LogP contribution in [0.2, 0.25) is 5.02 Å². The van der Waals surface area contributed by atoms with Crippen LogP contribution in [0.3, 0.4) is 0 Å². The first kappa shape index (κ1) is 18.1. The van der Waals surface area contributed by atoms with Gasteiger partial charge in [0.05, 0.1) is 24.4 Å². The predicted octanol–water partition coefficient (Wildman–Crippen LogP) is 3.08. The summed E-state index contributed by atoms with van der Waals surface area (Å²) in [7, 11) is 1.56. The molecule has 6 nitrogen and oxygen atoms in total. The summed E-state index contributed by atoms with van der Waals surface area (Å²) in [6.45, 7) is 1.76. The van der Waals surface area contributed by atoms with Crippen LogP contribution >= 0.6 is 11.6 Å². The molecule has 142 valence electrons. The van der Waals surface area contributed by atoms with Crippen LogP contribution in [0.4, 0.5) is 5.69 Å². The number of ether oxygens (including phenoxy) is 1. The van der Waals surface area contributed by atoms with E-state index in [-0.39, 0.29) is 12.6 Å². The van der Waals surface area contributed by atoms with E-state index in [1.807, 2.05) is 16.8 Å². The van der Waals surface area contributed by atoms with Crippen molar-refractivity contribution in [1.82, 2.24) is 9.38 Å². The molecular formula is C20H23ClN4O2. The summed E-state index contributed by atoms with van der Waals surface area (Å²) >= 11 is 6.29. The van der Waals surface area contributed by atoms with Crippen molar-refractivity contribution in [3.8, 4) is 17.0 Å². The summed E-state index contributed by atoms with van der Waals surface area (Å²) in [5.74, 6) is 0.539. The quantitative estimate of drug-likeness (QED) is 0.720. The number of hydrogen-bond donors (Lipinski definition) is 2. The number of aliphatic hydroxyl groups excluding tert-OH is 1. The summed E-state index contributed by atoms with van der Waals surface area (Å²) in [5, 5.41) is 10.2. The molecule has 0 radical (unpaired) electrons. The normalized spacial score (nSPS) is 17.5. The zero-order valence-electron chi connectivity index (χ0n) is 15.2. The maximum Gasteiger partial charge on any atom is 0.139 e. The van der Waals surface area contributed by atoms with Crippen LogP contribution < -0.4 is 15.4 Å². The molecule has 2 aromatic heterocycles. The summed E-state index contributed by atoms with van der Waals surface area (Å²) in [4.78, 5) is 7.07. The van der Waals surface area contributed by atoms with E-state index < -0.39 is 0 Å². The average Bonchev–Trinajstić information content (AvgIpc) is 3.11. The lowest BCUT2D eigenvalue weighted by molar-refractivity contribution is 0.281. The van der Waals surface area contributed by atoms with Gasteiger partial charge in [0, 0.05) is 48.8 Å². The molecule has 3 heterocycles. The molecule has 1 atom stereocenters. The molecule has 0 saturated carbocycles. The number of fused-ring (bicyclic) bond motifs is 1. The van der Waals surface area contributed by atoms with Crippen LogP contribution in [0, 0.1) is 0 Å². The molecule has 0 bridgehead atoms. The van der Waals surface area contributed by atoms with Crippen molar-refractivity contribution in [3.05, 3.63) is 47.2 Å². The first-order valence-corrected chi connectivity index (χ1v) is 9.43. The fraction of sp³-hybridized carbons (Fsp3) is 0.350. The number of anilines is 1. The topological polar surface area (TPSA) is 76.0 Å². The van der Waals surface area contributed by atoms with Gasteiger partial charge in [-0.15, -0.1) is 0 Å². The molecule has 1 saturated heterocycles. The zero-order chi connectivity index (χ0) is 19.0. The summed E-state index contributed by atoms with van der Waals surface area (Å²) in [6, 6.07) is 7.93. The summed E-state index contributed by atoms with van der Waals surface area (Å²) in [6.07, 6.45) is 6.13. The van der Waals surface area contributed by atoms with E-state index in [2.05, 4.69) is 17.0 Å². The van der Waals surface area contributed by atoms with Crippen molar-refractivity contribution in [1.29, 1.82) is 0 Å². The second-order valence-corrected chi connectivity index (χ2v) is 7.33. The van der Waals surface area contributed by atoms with Crippen LogP contribution in [0.25, 0.3) is 16.9 Å². The number of nitrogens with two attached hydrogens (primary N) is 1. The molecule has 1 fully saturated rings. The SMILES string of the molecule is COc1cc(CO)c(-c2cn3ccc(N4CCC[C@H](N)C4)cc3n2)cc1Cl. The van der Waals surface area contributed by atoms with Gasteiger partial charge < -0.3 is 24.9 Å². The molecule has 0 amide bonds. The number of aliphatic hydroxyl groups is 1. The number of pyridine rings is 1. The molecule has 1 aromatic carbocycles. The number of nitrogens with zero attached hydrogens (tertiary/aromatic N) is 3. The molecule has 0 unspecified atom stereocenters. The fourth-order valence-corrected chi connectivity index (χ4v) is 3.90. The predicted molar refractivity (Wildman–Crippen MR) is 108 cm³/mol. The van der Waals surface area contributed by atoms with Crippen molar-refractivity contribution in [2.45, 2.75) is 25.5 Å². The number of piperidine rings is 1. The second kappa shape index (κ2) is 7.38. The number of hydrogen-bond acceptors (Lipinski definition) is 5. The standard InChI is InChI=1S/C20H23ClN4O2/c1-27-19-7-13(12-26)16(9-17(19)21)18-11-25-6-4-15(8-20(25)23-18)24-5-2-3-14(22)10-24/h4,6-9,11,14,26H,2-3,5,10,12,22H2,1H3/t14-/m0/s1.